The normalized spacial score (nSPS) is 12.3. The lowest BCUT2D eigenvalue weighted by Gasteiger charge is -2.18. The zero-order valence-electron chi connectivity index (χ0n) is 17.0. The molecule has 0 heterocycles. The molecule has 0 aliphatic carbocycles. The zero-order valence-corrected chi connectivity index (χ0v) is 18.6. The van der Waals surface area contributed by atoms with Crippen molar-refractivity contribution in [1.29, 1.82) is 0 Å². The average molecular weight is 419 g/mol. The number of alkyl halides is 1. The van der Waals surface area contributed by atoms with Crippen molar-refractivity contribution in [2.45, 2.75) is 129 Å². The van der Waals surface area contributed by atoms with Gasteiger partial charge >= 0.3 is 5.97 Å². The van der Waals surface area contributed by atoms with E-state index in [0.717, 1.165) is 24.6 Å². The minimum atomic E-state index is 0.0361. The number of rotatable bonds is 19. The van der Waals surface area contributed by atoms with Gasteiger partial charge < -0.3 is 4.74 Å². The van der Waals surface area contributed by atoms with Gasteiger partial charge in [-0.2, -0.15) is 0 Å². The van der Waals surface area contributed by atoms with E-state index in [4.69, 9.17) is 4.74 Å². The Labute approximate surface area is 166 Å². The summed E-state index contributed by atoms with van der Waals surface area (Å²) in [5.41, 5.74) is 0. The molecule has 0 saturated heterocycles. The number of carbonyl (C=O) groups excluding carboxylic acids is 1. The third-order valence-corrected chi connectivity index (χ3v) is 5.38. The van der Waals surface area contributed by atoms with E-state index in [0.29, 0.717) is 6.42 Å². The highest BCUT2D eigenvalue weighted by Crippen LogP contribution is 2.16. The largest absolute Gasteiger partial charge is 0.462 e. The quantitative estimate of drug-likeness (QED) is 0.121. The topological polar surface area (TPSA) is 26.3 Å². The van der Waals surface area contributed by atoms with Crippen molar-refractivity contribution in [2.75, 3.05) is 5.33 Å². The van der Waals surface area contributed by atoms with E-state index in [-0.39, 0.29) is 12.1 Å². The van der Waals surface area contributed by atoms with E-state index < -0.39 is 0 Å². The third kappa shape index (κ3) is 18.5. The van der Waals surface area contributed by atoms with Crippen LogP contribution in [-0.2, 0) is 9.53 Å². The van der Waals surface area contributed by atoms with Gasteiger partial charge in [-0.3, -0.25) is 4.79 Å². The van der Waals surface area contributed by atoms with E-state index in [1.54, 1.807) is 0 Å². The number of unbranched alkanes of at least 4 members (excludes halogenated alkanes) is 11. The summed E-state index contributed by atoms with van der Waals surface area (Å²) in [6.45, 7) is 4.45. The smallest absolute Gasteiger partial charge is 0.306 e. The number of ether oxygens (including phenoxy) is 1. The Morgan fingerprint density at radius 1 is 0.720 bits per heavy atom. The molecule has 0 fully saturated rings. The summed E-state index contributed by atoms with van der Waals surface area (Å²) in [7, 11) is 0. The van der Waals surface area contributed by atoms with Gasteiger partial charge in [-0.15, -0.1) is 0 Å². The van der Waals surface area contributed by atoms with E-state index in [1.807, 2.05) is 0 Å². The molecule has 0 aliphatic rings. The van der Waals surface area contributed by atoms with Crippen LogP contribution in [0.3, 0.4) is 0 Å². The first-order valence-corrected chi connectivity index (χ1v) is 12.1. The summed E-state index contributed by atoms with van der Waals surface area (Å²) >= 11 is 3.48. The van der Waals surface area contributed by atoms with Crippen LogP contribution in [0.15, 0.2) is 0 Å². The minimum Gasteiger partial charge on any atom is -0.462 e. The Hall–Kier alpha value is -0.0500. The molecule has 25 heavy (non-hydrogen) atoms. The van der Waals surface area contributed by atoms with Crippen LogP contribution in [0.1, 0.15) is 123 Å². The first kappa shape index (κ1) is 24.9. The van der Waals surface area contributed by atoms with Gasteiger partial charge in [-0.25, -0.2) is 0 Å². The van der Waals surface area contributed by atoms with Crippen LogP contribution in [-0.4, -0.2) is 17.4 Å². The number of hydrogen-bond donors (Lipinski definition) is 0. The molecule has 0 aromatic heterocycles. The maximum absolute atomic E-state index is 12.1. The highest BCUT2D eigenvalue weighted by Gasteiger charge is 2.13. The molecule has 0 amide bonds. The number of esters is 1. The Balaban J connectivity index is 3.77. The van der Waals surface area contributed by atoms with Gasteiger partial charge in [0.2, 0.25) is 0 Å². The summed E-state index contributed by atoms with van der Waals surface area (Å²) in [6, 6.07) is 0. The van der Waals surface area contributed by atoms with Gasteiger partial charge in [0, 0.05) is 11.8 Å². The predicted octanol–water partition coefficient (Wildman–Crippen LogP) is 7.96. The van der Waals surface area contributed by atoms with Crippen molar-refractivity contribution in [3.63, 3.8) is 0 Å². The molecule has 0 N–H and O–H groups in total. The van der Waals surface area contributed by atoms with Gasteiger partial charge in [-0.05, 0) is 32.1 Å². The molecular formula is C22H43BrO2. The van der Waals surface area contributed by atoms with Gasteiger partial charge in [0.05, 0.1) is 0 Å². The average Bonchev–Trinajstić information content (AvgIpc) is 2.61. The number of halogens is 1. The first-order chi connectivity index (χ1) is 12.2. The lowest BCUT2D eigenvalue weighted by atomic mass is 10.0. The molecule has 0 radical (unpaired) electrons. The van der Waals surface area contributed by atoms with Crippen molar-refractivity contribution in [1.82, 2.24) is 0 Å². The van der Waals surface area contributed by atoms with E-state index >= 15 is 0 Å². The molecule has 0 spiro atoms. The molecule has 150 valence electrons. The minimum absolute atomic E-state index is 0.0361. The molecule has 0 bridgehead atoms. The second-order valence-corrected chi connectivity index (χ2v) is 8.16. The molecular weight excluding hydrogens is 376 g/mol. The van der Waals surface area contributed by atoms with E-state index in [2.05, 4.69) is 29.8 Å². The van der Waals surface area contributed by atoms with Crippen LogP contribution >= 0.6 is 15.9 Å². The predicted molar refractivity (Wildman–Crippen MR) is 114 cm³/mol. The zero-order chi connectivity index (χ0) is 18.6. The van der Waals surface area contributed by atoms with Crippen molar-refractivity contribution >= 4 is 21.9 Å². The first-order valence-electron chi connectivity index (χ1n) is 11.0. The molecule has 3 heteroatoms. The maximum Gasteiger partial charge on any atom is 0.306 e. The van der Waals surface area contributed by atoms with Crippen LogP contribution < -0.4 is 0 Å². The van der Waals surface area contributed by atoms with Crippen LogP contribution in [0.5, 0.6) is 0 Å². The van der Waals surface area contributed by atoms with Gasteiger partial charge in [0.1, 0.15) is 6.10 Å². The van der Waals surface area contributed by atoms with Crippen molar-refractivity contribution < 1.29 is 9.53 Å². The lowest BCUT2D eigenvalue weighted by molar-refractivity contribution is -0.150. The molecule has 1 unspecified atom stereocenters. The van der Waals surface area contributed by atoms with Crippen LogP contribution in [0.4, 0.5) is 0 Å². The summed E-state index contributed by atoms with van der Waals surface area (Å²) in [6.07, 6.45) is 20.3. The fourth-order valence-electron chi connectivity index (χ4n) is 3.16. The molecule has 0 aromatic rings. The van der Waals surface area contributed by atoms with Crippen molar-refractivity contribution in [3.8, 4) is 0 Å². The maximum atomic E-state index is 12.1. The Morgan fingerprint density at radius 3 is 1.88 bits per heavy atom. The fraction of sp³-hybridized carbons (Fsp3) is 0.955. The molecule has 0 aromatic carbocycles. The summed E-state index contributed by atoms with van der Waals surface area (Å²) in [4.78, 5) is 12.1. The molecule has 0 saturated carbocycles. The number of hydrogen-bond acceptors (Lipinski definition) is 2. The van der Waals surface area contributed by atoms with Gasteiger partial charge in [0.25, 0.3) is 0 Å². The second-order valence-electron chi connectivity index (χ2n) is 7.37. The van der Waals surface area contributed by atoms with Crippen LogP contribution in [0.25, 0.3) is 0 Å². The van der Waals surface area contributed by atoms with E-state index in [1.165, 1.54) is 83.5 Å². The Kier molecular flexibility index (Phi) is 20.2. The lowest BCUT2D eigenvalue weighted by Crippen LogP contribution is -2.18. The summed E-state index contributed by atoms with van der Waals surface area (Å²) in [5.74, 6) is 0.0361. The monoisotopic (exact) mass is 418 g/mol. The highest BCUT2D eigenvalue weighted by molar-refractivity contribution is 9.09. The molecule has 1 atom stereocenters. The Morgan fingerprint density at radius 2 is 1.24 bits per heavy atom. The molecule has 0 aliphatic heterocycles. The summed E-state index contributed by atoms with van der Waals surface area (Å²) < 4.78 is 5.78. The summed E-state index contributed by atoms with van der Waals surface area (Å²) in [5, 5.41) is 1.11. The molecule has 0 rings (SSSR count). The van der Waals surface area contributed by atoms with Crippen molar-refractivity contribution in [2.24, 2.45) is 0 Å². The second kappa shape index (κ2) is 20.3. The highest BCUT2D eigenvalue weighted by atomic mass is 79.9. The van der Waals surface area contributed by atoms with Crippen molar-refractivity contribution in [3.05, 3.63) is 0 Å². The van der Waals surface area contributed by atoms with E-state index in [9.17, 15) is 4.79 Å². The fourth-order valence-corrected chi connectivity index (χ4v) is 3.56. The Bertz CT molecular complexity index is 281. The van der Waals surface area contributed by atoms with Gasteiger partial charge in [0.15, 0.2) is 0 Å². The molecule has 2 nitrogen and oxygen atoms in total. The standard InChI is InChI=1S/C22H43BrO2/c1-3-5-7-8-9-12-15-19-22(24)25-21(17-6-4-2)18-14-11-10-13-16-20-23/h21H,3-20H2,1-2H3. The van der Waals surface area contributed by atoms with Crippen LogP contribution in [0, 0.1) is 0 Å². The third-order valence-electron chi connectivity index (χ3n) is 4.82. The van der Waals surface area contributed by atoms with Gasteiger partial charge in [-0.1, -0.05) is 100 Å². The SMILES string of the molecule is CCCCCCCCCC(=O)OC(CCCC)CCCCCCCBr. The van der Waals surface area contributed by atoms with Crippen LogP contribution in [0.2, 0.25) is 0 Å². The number of carbonyl (C=O) groups is 1.